The summed E-state index contributed by atoms with van der Waals surface area (Å²) in [5, 5.41) is 1.19. The Balaban J connectivity index is 0.000000289. The van der Waals surface area contributed by atoms with Gasteiger partial charge in [0.05, 0.1) is 6.07 Å². The van der Waals surface area contributed by atoms with Crippen LogP contribution in [-0.2, 0) is 6.54 Å². The number of nitrogens with zero attached hydrogens (tertiary/aromatic N) is 1. The smallest absolute Gasteiger partial charge is 0.369 e. The molecule has 7 rings (SSSR count). The minimum absolute atomic E-state index is 0.146. The van der Waals surface area contributed by atoms with Crippen LogP contribution in [0.15, 0.2) is 66.7 Å². The Bertz CT molecular complexity index is 2660. The SMILES string of the molecule is ClCOc1ccc2ccccc2[n+]1Cc1ccccc1.Fc1c(F)c(F)c([B-](c2c(F)c(F)c(F)c(F)c2F)(c2c(F)c(F)c(F)c(F)c2F)c2c(F)c(F)c(F)c(F)c2F)c(F)c1F. The lowest BCUT2D eigenvalue weighted by molar-refractivity contribution is -0.667. The molecule has 7 aromatic rings. The molecule has 0 unspecified atom stereocenters. The van der Waals surface area contributed by atoms with E-state index in [1.54, 1.807) is 0 Å². The lowest BCUT2D eigenvalue weighted by Gasteiger charge is -2.44. The van der Waals surface area contributed by atoms with Crippen molar-refractivity contribution in [2.45, 2.75) is 6.54 Å². The fraction of sp³-hybridized carbons (Fsp3) is 0.0488. The van der Waals surface area contributed by atoms with Crippen LogP contribution in [0.2, 0.25) is 0 Å². The molecular formula is C41H15BClF20NO. The Kier molecular flexibility index (Phi) is 13.4. The third kappa shape index (κ3) is 7.61. The number of aromatic nitrogens is 1. The highest BCUT2D eigenvalue weighted by atomic mass is 35.5. The molecule has 0 atom stereocenters. The molecule has 0 radical (unpaired) electrons. The van der Waals surface area contributed by atoms with Gasteiger partial charge in [-0.1, -0.05) is 54.1 Å². The van der Waals surface area contributed by atoms with Gasteiger partial charge in [-0.25, -0.2) is 87.8 Å². The summed E-state index contributed by atoms with van der Waals surface area (Å²) in [6.45, 7) is 0.758. The first kappa shape index (κ1) is 48.0. The maximum Gasteiger partial charge on any atom is 0.369 e. The van der Waals surface area contributed by atoms with E-state index in [4.69, 9.17) is 16.3 Å². The van der Waals surface area contributed by atoms with E-state index in [9.17, 15) is 52.7 Å². The highest BCUT2D eigenvalue weighted by Gasteiger charge is 2.52. The maximum absolute atomic E-state index is 15.4. The first-order chi connectivity index (χ1) is 30.6. The van der Waals surface area contributed by atoms with Crippen LogP contribution >= 0.6 is 11.6 Å². The predicted octanol–water partition coefficient (Wildman–Crippen LogP) is 9.60. The monoisotopic (exact) mass is 963 g/mol. The molecule has 0 fully saturated rings. The van der Waals surface area contributed by atoms with Crippen LogP contribution in [0, 0.1) is 116 Å². The minimum Gasteiger partial charge on any atom is -0.428 e. The van der Waals surface area contributed by atoms with Crippen LogP contribution in [0.3, 0.4) is 0 Å². The van der Waals surface area contributed by atoms with Gasteiger partial charge in [0.1, 0.15) is 52.7 Å². The standard InChI is InChI=1S/C24BF20.C17H15ClNO/c26-5-1(6(27)14(35)21(42)13(5)34)25(2-7(28)15(36)22(43)16(37)8(2)29,3-9(30)17(38)23(44)18(39)10(3)31)4-11(32)19(40)24(45)20(41)12(4)33;18-13-20-17-11-10-15-8-4-5-9-16(15)19(17)12-14-6-2-1-3-7-14/h;1-11H,12-13H2/q-1;+1. The summed E-state index contributed by atoms with van der Waals surface area (Å²) in [7, 11) is 0. The van der Waals surface area contributed by atoms with E-state index in [-0.39, 0.29) is 6.07 Å². The van der Waals surface area contributed by atoms with Crippen molar-refractivity contribution in [1.29, 1.82) is 0 Å². The summed E-state index contributed by atoms with van der Waals surface area (Å²) in [5.41, 5.74) is -12.0. The number of ether oxygens (including phenoxy) is 1. The summed E-state index contributed by atoms with van der Waals surface area (Å²) >= 11 is 5.73. The van der Waals surface area contributed by atoms with Crippen LogP contribution in [0.1, 0.15) is 5.56 Å². The third-order valence-corrected chi connectivity index (χ3v) is 10.1. The summed E-state index contributed by atoms with van der Waals surface area (Å²) in [6.07, 6.45) is -7.22. The average molecular weight is 964 g/mol. The summed E-state index contributed by atoms with van der Waals surface area (Å²) in [6, 6.07) is 22.8. The second kappa shape index (κ2) is 18.2. The van der Waals surface area contributed by atoms with Gasteiger partial charge in [0, 0.05) is 17.0 Å². The van der Waals surface area contributed by atoms with Gasteiger partial charge in [-0.2, -0.15) is 4.57 Å². The Morgan fingerprint density at radius 1 is 0.354 bits per heavy atom. The first-order valence-electron chi connectivity index (χ1n) is 17.5. The van der Waals surface area contributed by atoms with E-state index in [1.807, 2.05) is 36.4 Å². The van der Waals surface area contributed by atoms with Gasteiger partial charge < -0.3 is 4.74 Å². The number of benzene rings is 6. The molecule has 24 heteroatoms. The highest BCUT2D eigenvalue weighted by molar-refractivity contribution is 7.20. The van der Waals surface area contributed by atoms with E-state index >= 15 is 35.1 Å². The molecule has 0 aliphatic heterocycles. The van der Waals surface area contributed by atoms with Gasteiger partial charge in [0.2, 0.25) is 5.52 Å². The van der Waals surface area contributed by atoms with Crippen LogP contribution in [0.25, 0.3) is 10.9 Å². The molecule has 0 saturated heterocycles. The van der Waals surface area contributed by atoms with Gasteiger partial charge in [-0.3, -0.25) is 0 Å². The fourth-order valence-electron chi connectivity index (χ4n) is 7.23. The van der Waals surface area contributed by atoms with Gasteiger partial charge >= 0.3 is 5.88 Å². The van der Waals surface area contributed by atoms with Crippen molar-refractivity contribution in [3.05, 3.63) is 189 Å². The predicted molar refractivity (Wildman–Crippen MR) is 190 cm³/mol. The molecule has 0 saturated carbocycles. The van der Waals surface area contributed by atoms with E-state index < -0.39 is 144 Å². The number of para-hydroxylation sites is 1. The molecule has 1 heterocycles. The van der Waals surface area contributed by atoms with Crippen molar-refractivity contribution in [3.8, 4) is 5.88 Å². The first-order valence-corrected chi connectivity index (χ1v) is 18.0. The Hall–Kier alpha value is -6.52. The zero-order valence-electron chi connectivity index (χ0n) is 31.1. The Morgan fingerprint density at radius 3 is 0.969 bits per heavy atom. The number of halogens is 21. The lowest BCUT2D eigenvalue weighted by Crippen LogP contribution is -2.81. The van der Waals surface area contributed by atoms with Gasteiger partial charge in [-0.15, -0.1) is 21.9 Å². The molecule has 0 bridgehead atoms. The molecule has 0 aliphatic rings. The number of pyridine rings is 1. The second-order valence-electron chi connectivity index (χ2n) is 13.4. The van der Waals surface area contributed by atoms with Crippen LogP contribution in [0.4, 0.5) is 87.8 Å². The molecule has 6 aromatic carbocycles. The van der Waals surface area contributed by atoms with E-state index in [0.717, 1.165) is 17.9 Å². The number of fused-ring (bicyclic) bond motifs is 1. The molecule has 0 spiro atoms. The van der Waals surface area contributed by atoms with Crippen molar-refractivity contribution in [2.24, 2.45) is 0 Å². The quantitative estimate of drug-likeness (QED) is 0.0370. The van der Waals surface area contributed by atoms with Crippen LogP contribution in [-0.4, -0.2) is 12.2 Å². The molecule has 0 amide bonds. The van der Waals surface area contributed by atoms with Crippen molar-refractivity contribution >= 4 is 50.5 Å². The van der Waals surface area contributed by atoms with E-state index in [2.05, 4.69) is 34.9 Å². The summed E-state index contributed by atoms with van der Waals surface area (Å²) in [4.78, 5) is 0. The third-order valence-electron chi connectivity index (χ3n) is 9.99. The minimum atomic E-state index is -7.22. The van der Waals surface area contributed by atoms with Gasteiger partial charge in [-0.05, 0) is 12.1 Å². The van der Waals surface area contributed by atoms with Crippen molar-refractivity contribution < 1.29 is 97.1 Å². The summed E-state index contributed by atoms with van der Waals surface area (Å²) in [5.74, 6) is -70.6. The number of alkyl halides is 1. The Labute approximate surface area is 354 Å². The lowest BCUT2D eigenvalue weighted by atomic mass is 9.12. The number of hydrogen-bond acceptors (Lipinski definition) is 1. The molecule has 2 nitrogen and oxygen atoms in total. The zero-order chi connectivity index (χ0) is 48.1. The van der Waals surface area contributed by atoms with Crippen molar-refractivity contribution in [1.82, 2.24) is 0 Å². The van der Waals surface area contributed by atoms with Gasteiger partial charge in [0.25, 0.3) is 0 Å². The molecule has 0 N–H and O–H groups in total. The largest absolute Gasteiger partial charge is 0.428 e. The molecular weight excluding hydrogens is 949 g/mol. The maximum atomic E-state index is 15.4. The van der Waals surface area contributed by atoms with E-state index in [0.29, 0.717) is 0 Å². The second-order valence-corrected chi connectivity index (χ2v) is 13.6. The van der Waals surface area contributed by atoms with Crippen molar-refractivity contribution in [3.63, 3.8) is 0 Å². The highest BCUT2D eigenvalue weighted by Crippen LogP contribution is 2.31. The van der Waals surface area contributed by atoms with Crippen molar-refractivity contribution in [2.75, 3.05) is 6.07 Å². The topological polar surface area (TPSA) is 13.1 Å². The molecule has 0 aliphatic carbocycles. The Morgan fingerprint density at radius 2 is 0.646 bits per heavy atom. The van der Waals surface area contributed by atoms with Crippen LogP contribution in [0.5, 0.6) is 5.88 Å². The molecule has 1 aromatic heterocycles. The summed E-state index contributed by atoms with van der Waals surface area (Å²) < 4.78 is 302. The zero-order valence-corrected chi connectivity index (χ0v) is 31.9. The molecule has 65 heavy (non-hydrogen) atoms. The fourth-order valence-corrected chi connectivity index (χ4v) is 7.34. The normalized spacial score (nSPS) is 11.6. The van der Waals surface area contributed by atoms with E-state index in [1.165, 1.54) is 10.9 Å². The number of hydrogen-bond donors (Lipinski definition) is 0. The molecule has 340 valence electrons. The number of rotatable bonds is 8. The average Bonchev–Trinajstić information content (AvgIpc) is 3.30. The van der Waals surface area contributed by atoms with Gasteiger partial charge in [0.15, 0.2) is 82.4 Å². The van der Waals surface area contributed by atoms with Crippen LogP contribution < -0.4 is 31.2 Å².